The smallest absolute Gasteiger partial charge is 0.265 e. The lowest BCUT2D eigenvalue weighted by atomic mass is 9.92. The quantitative estimate of drug-likeness (QED) is 0.868. The first-order valence-corrected chi connectivity index (χ1v) is 10.3. The average molecular weight is 359 g/mol. The molecular weight excluding hydrogens is 334 g/mol. The molecule has 0 aromatic heterocycles. The average Bonchev–Trinajstić information content (AvgIpc) is 2.62. The lowest BCUT2D eigenvalue weighted by molar-refractivity contribution is 0.401. The van der Waals surface area contributed by atoms with Crippen LogP contribution in [-0.2, 0) is 29.3 Å². The number of benzene rings is 2. The third kappa shape index (κ3) is 3.52. The van der Waals surface area contributed by atoms with Gasteiger partial charge in [-0.2, -0.15) is 0 Å². The second kappa shape index (κ2) is 7.08. The summed E-state index contributed by atoms with van der Waals surface area (Å²) in [6.07, 6.45) is 4.91. The van der Waals surface area contributed by atoms with Crippen molar-refractivity contribution in [1.29, 1.82) is 0 Å². The minimum atomic E-state index is -3.72. The second-order valence-electron chi connectivity index (χ2n) is 6.55. The minimum absolute atomic E-state index is 0.223. The molecule has 0 heterocycles. The van der Waals surface area contributed by atoms with E-state index in [1.165, 1.54) is 12.7 Å². The highest BCUT2D eigenvalue weighted by Crippen LogP contribution is 2.34. The number of anilines is 1. The summed E-state index contributed by atoms with van der Waals surface area (Å²) in [4.78, 5) is 0.223. The maximum absolute atomic E-state index is 13.1. The zero-order valence-corrected chi connectivity index (χ0v) is 15.9. The molecule has 0 fully saturated rings. The highest BCUT2D eigenvalue weighted by molar-refractivity contribution is 7.92. The van der Waals surface area contributed by atoms with E-state index >= 15 is 0 Å². The van der Waals surface area contributed by atoms with Crippen molar-refractivity contribution in [3.05, 3.63) is 52.6 Å². The first-order chi connectivity index (χ1) is 12.0. The van der Waals surface area contributed by atoms with Gasteiger partial charge in [0.25, 0.3) is 10.0 Å². The zero-order chi connectivity index (χ0) is 18.0. The molecule has 0 bridgehead atoms. The zero-order valence-electron chi connectivity index (χ0n) is 15.1. The number of hydrogen-bond donors (Lipinski definition) is 1. The van der Waals surface area contributed by atoms with Crippen molar-refractivity contribution in [1.82, 2.24) is 0 Å². The van der Waals surface area contributed by atoms with Gasteiger partial charge in [-0.3, -0.25) is 4.72 Å². The Morgan fingerprint density at radius 1 is 1.12 bits per heavy atom. The summed E-state index contributed by atoms with van der Waals surface area (Å²) in [5, 5.41) is 0. The van der Waals surface area contributed by atoms with Gasteiger partial charge in [-0.05, 0) is 73.4 Å². The van der Waals surface area contributed by atoms with Crippen molar-refractivity contribution in [2.75, 3.05) is 11.8 Å². The number of methoxy groups -OCH3 is 1. The molecule has 25 heavy (non-hydrogen) atoms. The minimum Gasteiger partial charge on any atom is -0.495 e. The summed E-state index contributed by atoms with van der Waals surface area (Å²) in [6, 6.07) is 9.50. The maximum atomic E-state index is 13.1. The van der Waals surface area contributed by atoms with E-state index in [4.69, 9.17) is 4.74 Å². The van der Waals surface area contributed by atoms with Crippen molar-refractivity contribution in [2.24, 2.45) is 0 Å². The fourth-order valence-corrected chi connectivity index (χ4v) is 4.84. The Morgan fingerprint density at radius 3 is 2.44 bits per heavy atom. The molecule has 2 aromatic carbocycles. The van der Waals surface area contributed by atoms with Gasteiger partial charge in [-0.1, -0.05) is 25.1 Å². The maximum Gasteiger partial charge on any atom is 0.265 e. The SMILES string of the molecule is CCc1cccc(C)c1NS(=O)(=O)c1cc2c(cc1OC)CCCC2. The molecule has 0 saturated heterocycles. The van der Waals surface area contributed by atoms with Gasteiger partial charge in [0.2, 0.25) is 0 Å². The third-order valence-corrected chi connectivity index (χ3v) is 6.26. The molecule has 1 N–H and O–H groups in total. The summed E-state index contributed by atoms with van der Waals surface area (Å²) in [5.41, 5.74) is 4.89. The van der Waals surface area contributed by atoms with Crippen LogP contribution in [0, 0.1) is 6.92 Å². The van der Waals surface area contributed by atoms with E-state index in [2.05, 4.69) is 4.72 Å². The first-order valence-electron chi connectivity index (χ1n) is 8.77. The van der Waals surface area contributed by atoms with Crippen molar-refractivity contribution < 1.29 is 13.2 Å². The monoisotopic (exact) mass is 359 g/mol. The number of aryl methyl sites for hydroxylation is 4. The molecule has 2 aromatic rings. The molecule has 1 aliphatic carbocycles. The van der Waals surface area contributed by atoms with Crippen LogP contribution in [0.25, 0.3) is 0 Å². The van der Waals surface area contributed by atoms with Gasteiger partial charge in [-0.15, -0.1) is 0 Å². The highest BCUT2D eigenvalue weighted by atomic mass is 32.2. The van der Waals surface area contributed by atoms with Gasteiger partial charge >= 0.3 is 0 Å². The van der Waals surface area contributed by atoms with E-state index in [1.54, 1.807) is 6.07 Å². The Balaban J connectivity index is 2.06. The summed E-state index contributed by atoms with van der Waals surface area (Å²) in [7, 11) is -2.20. The van der Waals surface area contributed by atoms with Crippen LogP contribution in [0.4, 0.5) is 5.69 Å². The van der Waals surface area contributed by atoms with Gasteiger partial charge in [0.1, 0.15) is 10.6 Å². The van der Waals surface area contributed by atoms with Gasteiger partial charge in [0.15, 0.2) is 0 Å². The molecule has 0 unspecified atom stereocenters. The van der Waals surface area contributed by atoms with Gasteiger partial charge < -0.3 is 4.74 Å². The van der Waals surface area contributed by atoms with Crippen LogP contribution in [-0.4, -0.2) is 15.5 Å². The molecule has 3 rings (SSSR count). The number of sulfonamides is 1. The molecular formula is C20H25NO3S. The number of nitrogens with one attached hydrogen (secondary N) is 1. The van der Waals surface area contributed by atoms with Crippen LogP contribution < -0.4 is 9.46 Å². The van der Waals surface area contributed by atoms with Crippen molar-refractivity contribution in [2.45, 2.75) is 50.8 Å². The fraction of sp³-hybridized carbons (Fsp3) is 0.400. The number of fused-ring (bicyclic) bond motifs is 1. The molecule has 134 valence electrons. The second-order valence-corrected chi connectivity index (χ2v) is 8.20. The van der Waals surface area contributed by atoms with E-state index in [0.717, 1.165) is 48.8 Å². The molecule has 0 radical (unpaired) electrons. The Hall–Kier alpha value is -2.01. The Labute approximate surface area is 150 Å². The molecule has 0 atom stereocenters. The standard InChI is InChI=1S/C20H25NO3S/c1-4-15-11-7-8-14(2)20(15)21-25(22,23)19-13-17-10-6-5-9-16(17)12-18(19)24-3/h7-8,11-13,21H,4-6,9-10H2,1-3H3. The number of rotatable bonds is 5. The Kier molecular flexibility index (Phi) is 5.04. The van der Waals surface area contributed by atoms with Crippen molar-refractivity contribution in [3.8, 4) is 5.75 Å². The molecule has 5 heteroatoms. The van der Waals surface area contributed by atoms with Crippen LogP contribution in [0.3, 0.4) is 0 Å². The number of hydrogen-bond acceptors (Lipinski definition) is 3. The molecule has 4 nitrogen and oxygen atoms in total. The lowest BCUT2D eigenvalue weighted by Gasteiger charge is -2.20. The van der Waals surface area contributed by atoms with Crippen molar-refractivity contribution >= 4 is 15.7 Å². The summed E-state index contributed by atoms with van der Waals surface area (Å²) >= 11 is 0. The van der Waals surface area contributed by atoms with Gasteiger partial charge in [0.05, 0.1) is 12.8 Å². The third-order valence-electron chi connectivity index (χ3n) is 4.89. The summed E-state index contributed by atoms with van der Waals surface area (Å²) in [5.74, 6) is 0.416. The predicted molar refractivity (Wildman–Crippen MR) is 101 cm³/mol. The van der Waals surface area contributed by atoms with Crippen LogP contribution >= 0.6 is 0 Å². The van der Waals surface area contributed by atoms with Crippen LogP contribution in [0.15, 0.2) is 35.2 Å². The van der Waals surface area contributed by atoms with E-state index in [9.17, 15) is 8.42 Å². The van der Waals surface area contributed by atoms with Crippen LogP contribution in [0.5, 0.6) is 5.75 Å². The van der Waals surface area contributed by atoms with E-state index in [-0.39, 0.29) is 4.90 Å². The van der Waals surface area contributed by atoms with E-state index in [0.29, 0.717) is 11.4 Å². The normalized spacial score (nSPS) is 14.0. The van der Waals surface area contributed by atoms with E-state index in [1.807, 2.05) is 38.1 Å². The Bertz CT molecular complexity index is 888. The molecule has 0 spiro atoms. The van der Waals surface area contributed by atoms with E-state index < -0.39 is 10.0 Å². The highest BCUT2D eigenvalue weighted by Gasteiger charge is 2.24. The summed E-state index contributed by atoms with van der Waals surface area (Å²) in [6.45, 7) is 3.94. The topological polar surface area (TPSA) is 55.4 Å². The molecule has 0 amide bonds. The molecule has 1 aliphatic rings. The Morgan fingerprint density at radius 2 is 1.80 bits per heavy atom. The predicted octanol–water partition coefficient (Wildman–Crippen LogP) is 4.25. The lowest BCUT2D eigenvalue weighted by Crippen LogP contribution is -2.17. The van der Waals surface area contributed by atoms with Crippen LogP contribution in [0.1, 0.15) is 42.0 Å². The molecule has 0 aliphatic heterocycles. The summed E-state index contributed by atoms with van der Waals surface area (Å²) < 4.78 is 34.4. The molecule has 0 saturated carbocycles. The van der Waals surface area contributed by atoms with Crippen LogP contribution in [0.2, 0.25) is 0 Å². The number of para-hydroxylation sites is 1. The van der Waals surface area contributed by atoms with Crippen molar-refractivity contribution in [3.63, 3.8) is 0 Å². The van der Waals surface area contributed by atoms with Gasteiger partial charge in [0, 0.05) is 0 Å². The largest absolute Gasteiger partial charge is 0.495 e. The fourth-order valence-electron chi connectivity index (χ4n) is 3.47. The first kappa shape index (κ1) is 17.8. The van der Waals surface area contributed by atoms with Gasteiger partial charge in [-0.25, -0.2) is 8.42 Å². The number of ether oxygens (including phenoxy) is 1.